The molecule has 2 aromatic carbocycles. The maximum atomic E-state index is 11.4. The molecule has 0 bridgehead atoms. The zero-order chi connectivity index (χ0) is 15.2. The van der Waals surface area contributed by atoms with Crippen molar-refractivity contribution < 1.29 is 9.66 Å². The van der Waals surface area contributed by atoms with Crippen molar-refractivity contribution in [2.45, 2.75) is 0 Å². The first-order valence-corrected chi connectivity index (χ1v) is 6.16. The van der Waals surface area contributed by atoms with Crippen molar-refractivity contribution in [1.82, 2.24) is 0 Å². The van der Waals surface area contributed by atoms with Crippen LogP contribution in [-0.4, -0.2) is 12.0 Å². The Labute approximate surface area is 121 Å². The number of methoxy groups -OCH3 is 1. The van der Waals surface area contributed by atoms with E-state index in [1.807, 2.05) is 6.07 Å². The van der Waals surface area contributed by atoms with E-state index < -0.39 is 4.92 Å². The van der Waals surface area contributed by atoms with E-state index in [1.54, 1.807) is 54.6 Å². The van der Waals surface area contributed by atoms with Crippen LogP contribution in [0.2, 0.25) is 0 Å². The third-order valence-corrected chi connectivity index (χ3v) is 2.96. The minimum Gasteiger partial charge on any atom is -0.497 e. The fourth-order valence-corrected chi connectivity index (χ4v) is 1.95. The molecule has 2 aromatic rings. The Hall–Kier alpha value is -3.13. The monoisotopic (exact) mass is 280 g/mol. The summed E-state index contributed by atoms with van der Waals surface area (Å²) >= 11 is 0. The van der Waals surface area contributed by atoms with Crippen molar-refractivity contribution >= 4 is 11.3 Å². The summed E-state index contributed by atoms with van der Waals surface area (Å²) in [5, 5.41) is 20.7. The van der Waals surface area contributed by atoms with Gasteiger partial charge in [0.15, 0.2) is 0 Å². The molecular formula is C16H12N2O3. The predicted octanol–water partition coefficient (Wildman–Crippen LogP) is 3.36. The van der Waals surface area contributed by atoms with Gasteiger partial charge in [-0.25, -0.2) is 0 Å². The summed E-state index contributed by atoms with van der Waals surface area (Å²) in [6, 6.07) is 16.9. The SMILES string of the molecule is COc1ccc(/C(=C(/C#N)c2ccccc2)[N+](=O)[O-])cc1. The maximum absolute atomic E-state index is 11.4. The second-order valence-electron chi connectivity index (χ2n) is 4.19. The lowest BCUT2D eigenvalue weighted by Crippen LogP contribution is -2.02. The smallest absolute Gasteiger partial charge is 0.294 e. The van der Waals surface area contributed by atoms with Crippen molar-refractivity contribution in [3.05, 3.63) is 75.8 Å². The second-order valence-corrected chi connectivity index (χ2v) is 4.19. The third kappa shape index (κ3) is 3.07. The second kappa shape index (κ2) is 6.35. The largest absolute Gasteiger partial charge is 0.497 e. The van der Waals surface area contributed by atoms with Crippen LogP contribution in [0.25, 0.3) is 11.3 Å². The lowest BCUT2D eigenvalue weighted by Gasteiger charge is -2.04. The molecule has 0 saturated heterocycles. The van der Waals surface area contributed by atoms with Gasteiger partial charge >= 0.3 is 0 Å². The number of nitriles is 1. The number of ether oxygens (including phenoxy) is 1. The molecule has 0 aliphatic rings. The van der Waals surface area contributed by atoms with Crippen LogP contribution in [0.1, 0.15) is 11.1 Å². The maximum Gasteiger partial charge on any atom is 0.294 e. The van der Waals surface area contributed by atoms with Gasteiger partial charge in [-0.05, 0) is 29.8 Å². The van der Waals surface area contributed by atoms with E-state index in [1.165, 1.54) is 7.11 Å². The van der Waals surface area contributed by atoms with Crippen molar-refractivity contribution in [3.8, 4) is 11.8 Å². The van der Waals surface area contributed by atoms with Gasteiger partial charge in [0.25, 0.3) is 5.70 Å². The Morgan fingerprint density at radius 1 is 1.10 bits per heavy atom. The van der Waals surface area contributed by atoms with Crippen LogP contribution in [0.4, 0.5) is 0 Å². The van der Waals surface area contributed by atoms with E-state index in [0.29, 0.717) is 16.9 Å². The highest BCUT2D eigenvalue weighted by Gasteiger charge is 2.22. The van der Waals surface area contributed by atoms with E-state index in [4.69, 9.17) is 4.74 Å². The molecular weight excluding hydrogens is 268 g/mol. The van der Waals surface area contributed by atoms with Crippen molar-refractivity contribution in [2.75, 3.05) is 7.11 Å². The first-order chi connectivity index (χ1) is 10.2. The number of rotatable bonds is 4. The molecule has 0 aliphatic heterocycles. The van der Waals surface area contributed by atoms with Crippen LogP contribution in [0, 0.1) is 21.4 Å². The molecule has 0 aliphatic carbocycles. The van der Waals surface area contributed by atoms with Crippen LogP contribution in [-0.2, 0) is 0 Å². The van der Waals surface area contributed by atoms with Crippen molar-refractivity contribution in [2.24, 2.45) is 0 Å². The lowest BCUT2D eigenvalue weighted by atomic mass is 10.0. The summed E-state index contributed by atoms with van der Waals surface area (Å²) in [5.41, 5.74) is 0.695. The van der Waals surface area contributed by atoms with Gasteiger partial charge < -0.3 is 4.74 Å². The Balaban J connectivity index is 2.63. The Morgan fingerprint density at radius 3 is 2.19 bits per heavy atom. The fourth-order valence-electron chi connectivity index (χ4n) is 1.95. The average Bonchev–Trinajstić information content (AvgIpc) is 2.53. The van der Waals surface area contributed by atoms with Crippen LogP contribution < -0.4 is 4.74 Å². The number of hydrogen-bond donors (Lipinski definition) is 0. The predicted molar refractivity (Wildman–Crippen MR) is 78.9 cm³/mol. The molecule has 5 heteroatoms. The highest BCUT2D eigenvalue weighted by Crippen LogP contribution is 2.27. The quantitative estimate of drug-likeness (QED) is 0.372. The van der Waals surface area contributed by atoms with Gasteiger partial charge in [0.1, 0.15) is 17.4 Å². The standard InChI is InChI=1S/C16H12N2O3/c1-21-14-9-7-13(8-10-14)16(18(19)20)15(11-17)12-5-3-2-4-6-12/h2-10H,1H3/b16-15+. The van der Waals surface area contributed by atoms with Crippen LogP contribution >= 0.6 is 0 Å². The zero-order valence-corrected chi connectivity index (χ0v) is 11.3. The molecule has 2 rings (SSSR count). The Morgan fingerprint density at radius 2 is 1.71 bits per heavy atom. The fraction of sp³-hybridized carbons (Fsp3) is 0.0625. The molecule has 0 N–H and O–H groups in total. The third-order valence-electron chi connectivity index (χ3n) is 2.96. The van der Waals surface area contributed by atoms with E-state index in [9.17, 15) is 15.4 Å². The van der Waals surface area contributed by atoms with E-state index in [2.05, 4.69) is 0 Å². The van der Waals surface area contributed by atoms with Gasteiger partial charge in [-0.1, -0.05) is 30.3 Å². The molecule has 5 nitrogen and oxygen atoms in total. The van der Waals surface area contributed by atoms with Crippen molar-refractivity contribution in [1.29, 1.82) is 5.26 Å². The van der Waals surface area contributed by atoms with Crippen LogP contribution in [0.3, 0.4) is 0 Å². The lowest BCUT2D eigenvalue weighted by molar-refractivity contribution is -0.374. The van der Waals surface area contributed by atoms with Crippen LogP contribution in [0.15, 0.2) is 54.6 Å². The summed E-state index contributed by atoms with van der Waals surface area (Å²) in [6.07, 6.45) is 0. The highest BCUT2D eigenvalue weighted by molar-refractivity contribution is 5.94. The number of nitro groups is 1. The Kier molecular flexibility index (Phi) is 4.32. The highest BCUT2D eigenvalue weighted by atomic mass is 16.6. The molecule has 0 unspecified atom stereocenters. The van der Waals surface area contributed by atoms with Gasteiger partial charge in [0.2, 0.25) is 0 Å². The number of hydrogen-bond acceptors (Lipinski definition) is 4. The topological polar surface area (TPSA) is 76.2 Å². The molecule has 0 radical (unpaired) electrons. The van der Waals surface area contributed by atoms with Crippen LogP contribution in [0.5, 0.6) is 5.75 Å². The molecule has 0 heterocycles. The summed E-state index contributed by atoms with van der Waals surface area (Å²) < 4.78 is 5.03. The minimum atomic E-state index is -0.534. The van der Waals surface area contributed by atoms with E-state index in [0.717, 1.165) is 0 Å². The molecule has 21 heavy (non-hydrogen) atoms. The average molecular weight is 280 g/mol. The molecule has 0 amide bonds. The number of allylic oxidation sites excluding steroid dienone is 1. The molecule has 0 spiro atoms. The first kappa shape index (κ1) is 14.3. The van der Waals surface area contributed by atoms with Gasteiger partial charge in [0, 0.05) is 0 Å². The van der Waals surface area contributed by atoms with Gasteiger partial charge in [-0.15, -0.1) is 0 Å². The number of nitrogens with zero attached hydrogens (tertiary/aromatic N) is 2. The van der Waals surface area contributed by atoms with Gasteiger partial charge in [-0.2, -0.15) is 5.26 Å². The zero-order valence-electron chi connectivity index (χ0n) is 11.3. The normalized spacial score (nSPS) is 11.2. The van der Waals surface area contributed by atoms with Gasteiger partial charge in [0.05, 0.1) is 17.6 Å². The molecule has 0 fully saturated rings. The van der Waals surface area contributed by atoms with Gasteiger partial charge in [-0.3, -0.25) is 10.1 Å². The molecule has 0 atom stereocenters. The van der Waals surface area contributed by atoms with E-state index in [-0.39, 0.29) is 11.3 Å². The Bertz CT molecular complexity index is 713. The summed E-state index contributed by atoms with van der Waals surface area (Å²) in [6.45, 7) is 0. The first-order valence-electron chi connectivity index (χ1n) is 6.16. The summed E-state index contributed by atoms with van der Waals surface area (Å²) in [7, 11) is 1.52. The van der Waals surface area contributed by atoms with E-state index >= 15 is 0 Å². The number of benzene rings is 2. The molecule has 104 valence electrons. The molecule has 0 saturated carbocycles. The minimum absolute atomic E-state index is 0.0331. The summed E-state index contributed by atoms with van der Waals surface area (Å²) in [5.74, 6) is 0.597. The summed E-state index contributed by atoms with van der Waals surface area (Å²) in [4.78, 5) is 10.9. The van der Waals surface area contributed by atoms with Crippen molar-refractivity contribution in [3.63, 3.8) is 0 Å². The molecule has 0 aromatic heterocycles.